The van der Waals surface area contributed by atoms with Gasteiger partial charge in [-0.15, -0.1) is 0 Å². The molecule has 0 amide bonds. The van der Waals surface area contributed by atoms with Crippen molar-refractivity contribution in [1.82, 2.24) is 15.3 Å². The van der Waals surface area contributed by atoms with Crippen molar-refractivity contribution in [2.75, 3.05) is 23.7 Å². The Bertz CT molecular complexity index is 480. The molecule has 2 aliphatic rings. The summed E-state index contributed by atoms with van der Waals surface area (Å²) in [4.78, 5) is 20.5. The first-order chi connectivity index (χ1) is 8.77. The van der Waals surface area contributed by atoms with E-state index in [0.717, 1.165) is 25.9 Å². The van der Waals surface area contributed by atoms with Gasteiger partial charge in [0.1, 0.15) is 5.69 Å². The van der Waals surface area contributed by atoms with E-state index in [1.54, 1.807) is 0 Å². The van der Waals surface area contributed by atoms with Gasteiger partial charge in [0.15, 0.2) is 5.82 Å². The molecule has 0 bridgehead atoms. The molecule has 1 aromatic heterocycles. The molecule has 1 aromatic rings. The van der Waals surface area contributed by atoms with Crippen molar-refractivity contribution in [3.63, 3.8) is 0 Å². The van der Waals surface area contributed by atoms with E-state index < -0.39 is 0 Å². The molecule has 98 valence electrons. The lowest BCUT2D eigenvalue weighted by atomic mass is 10.0. The number of hydrogen-bond donors (Lipinski definition) is 3. The highest BCUT2D eigenvalue weighted by atomic mass is 16.1. The van der Waals surface area contributed by atoms with Crippen LogP contribution in [0.3, 0.4) is 0 Å². The van der Waals surface area contributed by atoms with Crippen LogP contribution in [0.25, 0.3) is 0 Å². The Morgan fingerprint density at radius 3 is 3.06 bits per heavy atom. The van der Waals surface area contributed by atoms with Gasteiger partial charge < -0.3 is 20.9 Å². The fourth-order valence-electron chi connectivity index (χ4n) is 3.14. The third-order valence-electron chi connectivity index (χ3n) is 4.00. The van der Waals surface area contributed by atoms with Crippen LogP contribution in [-0.4, -0.2) is 35.1 Å². The largest absolute Gasteiger partial charge is 0.391 e. The Labute approximate surface area is 106 Å². The third-order valence-corrected chi connectivity index (χ3v) is 4.00. The third kappa shape index (κ3) is 1.86. The van der Waals surface area contributed by atoms with Crippen molar-refractivity contribution in [3.05, 3.63) is 16.7 Å². The van der Waals surface area contributed by atoms with Crippen LogP contribution in [0.5, 0.6) is 0 Å². The van der Waals surface area contributed by atoms with E-state index in [-0.39, 0.29) is 11.2 Å². The van der Waals surface area contributed by atoms with E-state index in [0.29, 0.717) is 17.9 Å². The predicted octanol–water partition coefficient (Wildman–Crippen LogP) is 0.0729. The minimum atomic E-state index is -0.245. The summed E-state index contributed by atoms with van der Waals surface area (Å²) in [5.41, 5.74) is 5.85. The van der Waals surface area contributed by atoms with Crippen molar-refractivity contribution >= 4 is 11.5 Å². The predicted molar refractivity (Wildman–Crippen MR) is 70.7 cm³/mol. The summed E-state index contributed by atoms with van der Waals surface area (Å²) < 4.78 is 0. The molecule has 0 aliphatic carbocycles. The highest BCUT2D eigenvalue weighted by Gasteiger charge is 2.34. The van der Waals surface area contributed by atoms with Gasteiger partial charge in [-0.3, -0.25) is 4.79 Å². The summed E-state index contributed by atoms with van der Waals surface area (Å²) in [5, 5.41) is 3.54. The summed E-state index contributed by atoms with van der Waals surface area (Å²) in [6.07, 6.45) is 6.14. The summed E-state index contributed by atoms with van der Waals surface area (Å²) in [6.45, 7) is 2.02. The minimum Gasteiger partial charge on any atom is -0.391 e. The number of nitrogen functional groups attached to an aromatic ring is 1. The van der Waals surface area contributed by atoms with E-state index in [2.05, 4.69) is 20.2 Å². The molecule has 2 aliphatic heterocycles. The van der Waals surface area contributed by atoms with E-state index in [1.807, 2.05) is 0 Å². The van der Waals surface area contributed by atoms with Crippen LogP contribution in [0.4, 0.5) is 11.5 Å². The molecule has 0 spiro atoms. The van der Waals surface area contributed by atoms with Gasteiger partial charge in [-0.05, 0) is 32.2 Å². The number of hydrogen-bond acceptors (Lipinski definition) is 5. The first-order valence-electron chi connectivity index (χ1n) is 6.60. The van der Waals surface area contributed by atoms with Gasteiger partial charge in [-0.25, -0.2) is 4.98 Å². The molecule has 3 rings (SSSR count). The highest BCUT2D eigenvalue weighted by molar-refractivity contribution is 5.62. The first-order valence-corrected chi connectivity index (χ1v) is 6.60. The monoisotopic (exact) mass is 249 g/mol. The van der Waals surface area contributed by atoms with Crippen LogP contribution in [0.1, 0.15) is 25.7 Å². The van der Waals surface area contributed by atoms with Gasteiger partial charge in [0.05, 0.1) is 6.33 Å². The number of aromatic amines is 1. The summed E-state index contributed by atoms with van der Waals surface area (Å²) in [7, 11) is 0. The van der Waals surface area contributed by atoms with Crippen LogP contribution in [0.2, 0.25) is 0 Å². The van der Waals surface area contributed by atoms with Gasteiger partial charge in [0.2, 0.25) is 0 Å². The van der Waals surface area contributed by atoms with Crippen LogP contribution >= 0.6 is 0 Å². The highest BCUT2D eigenvalue weighted by Crippen LogP contribution is 2.30. The second kappa shape index (κ2) is 4.61. The number of nitrogens with zero attached hydrogens (tertiary/aromatic N) is 2. The lowest BCUT2D eigenvalue weighted by molar-refractivity contribution is 0.481. The van der Waals surface area contributed by atoms with Gasteiger partial charge in [-0.2, -0.15) is 0 Å². The Morgan fingerprint density at radius 2 is 2.28 bits per heavy atom. The fourth-order valence-corrected chi connectivity index (χ4v) is 3.14. The van der Waals surface area contributed by atoms with E-state index in [1.165, 1.54) is 19.2 Å². The number of aromatic nitrogens is 2. The number of nitrogens with two attached hydrogens (primary N) is 1. The molecule has 6 heteroatoms. The number of H-pyrrole nitrogens is 1. The second-order valence-corrected chi connectivity index (χ2v) is 5.07. The topological polar surface area (TPSA) is 87.0 Å². The molecule has 2 unspecified atom stereocenters. The maximum absolute atomic E-state index is 11.6. The normalized spacial score (nSPS) is 27.9. The quantitative estimate of drug-likeness (QED) is 0.690. The average molecular weight is 249 g/mol. The van der Waals surface area contributed by atoms with Crippen molar-refractivity contribution in [1.29, 1.82) is 0 Å². The lowest BCUT2D eigenvalue weighted by Crippen LogP contribution is -2.45. The van der Waals surface area contributed by atoms with Crippen molar-refractivity contribution in [3.8, 4) is 0 Å². The molecule has 2 fully saturated rings. The summed E-state index contributed by atoms with van der Waals surface area (Å²) >= 11 is 0. The van der Waals surface area contributed by atoms with E-state index >= 15 is 0 Å². The molecule has 2 atom stereocenters. The molecule has 0 saturated carbocycles. The molecule has 4 N–H and O–H groups in total. The molecule has 18 heavy (non-hydrogen) atoms. The van der Waals surface area contributed by atoms with E-state index in [4.69, 9.17) is 5.73 Å². The number of anilines is 2. The Balaban J connectivity index is 1.90. The molecular formula is C12H19N5O. The zero-order chi connectivity index (χ0) is 12.5. The maximum atomic E-state index is 11.6. The number of rotatable bonds is 2. The van der Waals surface area contributed by atoms with Crippen molar-refractivity contribution < 1.29 is 0 Å². The molecule has 3 heterocycles. The van der Waals surface area contributed by atoms with E-state index in [9.17, 15) is 4.79 Å². The Kier molecular flexibility index (Phi) is 2.95. The zero-order valence-corrected chi connectivity index (χ0v) is 10.4. The second-order valence-electron chi connectivity index (χ2n) is 5.07. The molecule has 6 nitrogen and oxygen atoms in total. The minimum absolute atomic E-state index is 0.238. The molecule has 0 aromatic carbocycles. The van der Waals surface area contributed by atoms with Gasteiger partial charge in [0.25, 0.3) is 5.56 Å². The molecule has 0 radical (unpaired) electrons. The number of nitrogens with one attached hydrogen (secondary N) is 2. The summed E-state index contributed by atoms with van der Waals surface area (Å²) in [6, 6.07) is 0.928. The van der Waals surface area contributed by atoms with Crippen LogP contribution in [-0.2, 0) is 0 Å². The molecule has 2 saturated heterocycles. The molecular weight excluding hydrogens is 230 g/mol. The van der Waals surface area contributed by atoms with Gasteiger partial charge in [-0.1, -0.05) is 0 Å². The van der Waals surface area contributed by atoms with Crippen molar-refractivity contribution in [2.45, 2.75) is 37.8 Å². The first kappa shape index (κ1) is 11.5. The smallest absolute Gasteiger partial charge is 0.276 e. The van der Waals surface area contributed by atoms with Crippen LogP contribution in [0.15, 0.2) is 11.1 Å². The summed E-state index contributed by atoms with van der Waals surface area (Å²) in [5.74, 6) is 0.648. The average Bonchev–Trinajstić information content (AvgIpc) is 3.01. The standard InChI is InChI=1S/C12H19N5O/c13-10-11(15-7-16-12(10)18)17-6-2-4-9(17)8-3-1-5-14-8/h7-9,14H,1-6,13H2,(H,15,16,18). The Hall–Kier alpha value is -1.56. The SMILES string of the molecule is Nc1c(N2CCCC2C2CCCN2)nc[nH]c1=O. The maximum Gasteiger partial charge on any atom is 0.276 e. The van der Waals surface area contributed by atoms with Crippen LogP contribution in [0, 0.1) is 0 Å². The van der Waals surface area contributed by atoms with Gasteiger partial charge >= 0.3 is 0 Å². The Morgan fingerprint density at radius 1 is 1.39 bits per heavy atom. The van der Waals surface area contributed by atoms with Gasteiger partial charge in [0, 0.05) is 18.6 Å². The lowest BCUT2D eigenvalue weighted by Gasteiger charge is -2.30. The fraction of sp³-hybridized carbons (Fsp3) is 0.667. The zero-order valence-electron chi connectivity index (χ0n) is 10.4. The van der Waals surface area contributed by atoms with Crippen molar-refractivity contribution in [2.24, 2.45) is 0 Å². The van der Waals surface area contributed by atoms with Crippen LogP contribution < -0.4 is 21.5 Å².